The van der Waals surface area contributed by atoms with Gasteiger partial charge in [-0.05, 0) is 18.6 Å². The molecule has 0 saturated carbocycles. The van der Waals surface area contributed by atoms with E-state index in [1.807, 2.05) is 0 Å². The van der Waals surface area contributed by atoms with Crippen molar-refractivity contribution in [1.29, 1.82) is 0 Å². The van der Waals surface area contributed by atoms with Gasteiger partial charge in [-0.3, -0.25) is 0 Å². The Hall–Kier alpha value is -0.650. The molecule has 0 atom stereocenters. The smallest absolute Gasteiger partial charge is 0.212 e. The molecule has 0 heterocycles. The molecule has 0 saturated heterocycles. The topological polar surface area (TPSA) is 37.4 Å². The summed E-state index contributed by atoms with van der Waals surface area (Å²) in [7, 11) is -1.91. The summed E-state index contributed by atoms with van der Waals surface area (Å²) in [5.41, 5.74) is 0.205. The highest BCUT2D eigenvalue weighted by Gasteiger charge is 2.19. The van der Waals surface area contributed by atoms with E-state index in [1.54, 1.807) is 13.0 Å². The lowest BCUT2D eigenvalue weighted by atomic mass is 10.2. The predicted octanol–water partition coefficient (Wildman–Crippen LogP) is 2.65. The van der Waals surface area contributed by atoms with E-state index in [0.717, 1.165) is 4.31 Å². The zero-order valence-electron chi connectivity index (χ0n) is 9.78. The normalized spacial score (nSPS) is 12.1. The predicted molar refractivity (Wildman–Crippen MR) is 67.0 cm³/mol. The fraction of sp³-hybridized carbons (Fsp3) is 0.455. The van der Waals surface area contributed by atoms with E-state index in [4.69, 9.17) is 11.6 Å². The molecular formula is C11H15ClFNO2S. The molecule has 0 fully saturated rings. The second-order valence-corrected chi connectivity index (χ2v) is 6.37. The van der Waals surface area contributed by atoms with Crippen molar-refractivity contribution in [2.75, 3.05) is 12.8 Å². The minimum Gasteiger partial charge on any atom is -0.212 e. The van der Waals surface area contributed by atoms with Gasteiger partial charge < -0.3 is 0 Å². The Morgan fingerprint density at radius 2 is 2.06 bits per heavy atom. The first-order valence-electron chi connectivity index (χ1n) is 5.25. The van der Waals surface area contributed by atoms with E-state index in [2.05, 4.69) is 0 Å². The van der Waals surface area contributed by atoms with Gasteiger partial charge in [0, 0.05) is 24.2 Å². The van der Waals surface area contributed by atoms with Crippen LogP contribution < -0.4 is 0 Å². The largest absolute Gasteiger partial charge is 0.214 e. The monoisotopic (exact) mass is 279 g/mol. The molecule has 0 N–H and O–H groups in total. The van der Waals surface area contributed by atoms with E-state index in [1.165, 1.54) is 19.2 Å². The molecule has 3 nitrogen and oxygen atoms in total. The van der Waals surface area contributed by atoms with Crippen molar-refractivity contribution in [2.24, 2.45) is 0 Å². The van der Waals surface area contributed by atoms with Gasteiger partial charge in [0.15, 0.2) is 0 Å². The lowest BCUT2D eigenvalue weighted by Crippen LogP contribution is -2.29. The highest BCUT2D eigenvalue weighted by molar-refractivity contribution is 7.89. The molecule has 1 rings (SSSR count). The van der Waals surface area contributed by atoms with Crippen LogP contribution in [-0.4, -0.2) is 25.5 Å². The Morgan fingerprint density at radius 1 is 1.41 bits per heavy atom. The number of hydrogen-bond donors (Lipinski definition) is 0. The Kier molecular flexibility index (Phi) is 4.91. The van der Waals surface area contributed by atoms with Crippen LogP contribution >= 0.6 is 11.6 Å². The fourth-order valence-corrected chi connectivity index (χ4v) is 2.79. The molecule has 0 aliphatic rings. The van der Waals surface area contributed by atoms with Crippen LogP contribution in [0.1, 0.15) is 18.9 Å². The summed E-state index contributed by atoms with van der Waals surface area (Å²) in [5.74, 6) is -0.439. The molecule has 0 amide bonds. The molecule has 96 valence electrons. The van der Waals surface area contributed by atoms with Crippen LogP contribution in [0.5, 0.6) is 0 Å². The van der Waals surface area contributed by atoms with Crippen LogP contribution in [0.15, 0.2) is 18.2 Å². The fourth-order valence-electron chi connectivity index (χ4n) is 1.42. The zero-order valence-corrected chi connectivity index (χ0v) is 11.4. The van der Waals surface area contributed by atoms with Crippen LogP contribution in [0.4, 0.5) is 4.39 Å². The van der Waals surface area contributed by atoms with Gasteiger partial charge >= 0.3 is 0 Å². The number of nitrogens with zero attached hydrogens (tertiary/aromatic N) is 1. The first kappa shape index (κ1) is 14.4. The van der Waals surface area contributed by atoms with Gasteiger partial charge in [0.1, 0.15) is 5.82 Å². The van der Waals surface area contributed by atoms with Crippen molar-refractivity contribution in [3.63, 3.8) is 0 Å². The second kappa shape index (κ2) is 5.80. The number of hydrogen-bond acceptors (Lipinski definition) is 2. The first-order chi connectivity index (χ1) is 7.88. The number of halogens is 2. The molecule has 1 aromatic carbocycles. The van der Waals surface area contributed by atoms with E-state index >= 15 is 0 Å². The maximum Gasteiger partial charge on any atom is 0.214 e. The van der Waals surface area contributed by atoms with Crippen molar-refractivity contribution in [3.8, 4) is 0 Å². The van der Waals surface area contributed by atoms with Gasteiger partial charge in [0.25, 0.3) is 0 Å². The molecule has 0 aliphatic heterocycles. The summed E-state index contributed by atoms with van der Waals surface area (Å²) in [4.78, 5) is 0. The SMILES string of the molecule is CCCS(=O)(=O)N(C)Cc1c(F)cccc1Cl. The summed E-state index contributed by atoms with van der Waals surface area (Å²) >= 11 is 5.84. The highest BCUT2D eigenvalue weighted by Crippen LogP contribution is 2.21. The Labute approximate surface area is 106 Å². The molecule has 1 aromatic rings. The Morgan fingerprint density at radius 3 is 2.59 bits per heavy atom. The van der Waals surface area contributed by atoms with Gasteiger partial charge in [0.05, 0.1) is 5.75 Å². The first-order valence-corrected chi connectivity index (χ1v) is 7.24. The van der Waals surface area contributed by atoms with E-state index in [-0.39, 0.29) is 22.9 Å². The van der Waals surface area contributed by atoms with Crippen LogP contribution in [0, 0.1) is 5.82 Å². The third-order valence-corrected chi connectivity index (χ3v) is 4.74. The number of rotatable bonds is 5. The third kappa shape index (κ3) is 3.66. The average molecular weight is 280 g/mol. The van der Waals surface area contributed by atoms with Crippen LogP contribution in [-0.2, 0) is 16.6 Å². The van der Waals surface area contributed by atoms with Gasteiger partial charge in [-0.1, -0.05) is 24.6 Å². The van der Waals surface area contributed by atoms with E-state index < -0.39 is 15.8 Å². The van der Waals surface area contributed by atoms with Crippen molar-refractivity contribution in [2.45, 2.75) is 19.9 Å². The molecule has 0 aliphatic carbocycles. The quantitative estimate of drug-likeness (QED) is 0.831. The summed E-state index contributed by atoms with van der Waals surface area (Å²) in [5, 5.41) is 0.239. The Balaban J connectivity index is 2.92. The zero-order chi connectivity index (χ0) is 13.1. The molecule has 17 heavy (non-hydrogen) atoms. The maximum absolute atomic E-state index is 13.5. The van der Waals surface area contributed by atoms with Gasteiger partial charge in [-0.15, -0.1) is 0 Å². The van der Waals surface area contributed by atoms with Gasteiger partial charge in [0.2, 0.25) is 10.0 Å². The van der Waals surface area contributed by atoms with Crippen molar-refractivity contribution >= 4 is 21.6 Å². The molecule has 0 aromatic heterocycles. The second-order valence-electron chi connectivity index (χ2n) is 3.77. The van der Waals surface area contributed by atoms with Gasteiger partial charge in [-0.2, -0.15) is 0 Å². The standard InChI is InChI=1S/C11H15ClFNO2S/c1-3-7-17(15,16)14(2)8-9-10(12)5-4-6-11(9)13/h4-6H,3,7-8H2,1-2H3. The van der Waals surface area contributed by atoms with Gasteiger partial charge in [-0.25, -0.2) is 17.1 Å². The highest BCUT2D eigenvalue weighted by atomic mass is 35.5. The Bertz CT molecular complexity index is 470. The number of sulfonamides is 1. The van der Waals surface area contributed by atoms with Crippen molar-refractivity contribution < 1.29 is 12.8 Å². The summed E-state index contributed by atoms with van der Waals surface area (Å²) < 4.78 is 38.0. The third-order valence-electron chi connectivity index (χ3n) is 2.38. The maximum atomic E-state index is 13.5. The minimum atomic E-state index is -3.33. The lowest BCUT2D eigenvalue weighted by Gasteiger charge is -2.17. The van der Waals surface area contributed by atoms with Crippen LogP contribution in [0.2, 0.25) is 5.02 Å². The van der Waals surface area contributed by atoms with Crippen molar-refractivity contribution in [3.05, 3.63) is 34.6 Å². The average Bonchev–Trinajstić information content (AvgIpc) is 2.23. The summed E-state index contributed by atoms with van der Waals surface area (Å²) in [6, 6.07) is 4.30. The van der Waals surface area contributed by atoms with E-state index in [9.17, 15) is 12.8 Å². The summed E-state index contributed by atoms with van der Waals surface area (Å²) in [6.45, 7) is 1.73. The molecule has 0 bridgehead atoms. The molecule has 0 unspecified atom stereocenters. The molecule has 6 heteroatoms. The van der Waals surface area contributed by atoms with E-state index in [0.29, 0.717) is 6.42 Å². The minimum absolute atomic E-state index is 0.0478. The van der Waals surface area contributed by atoms with Crippen LogP contribution in [0.3, 0.4) is 0 Å². The molecular weight excluding hydrogens is 265 g/mol. The molecule has 0 spiro atoms. The number of benzene rings is 1. The lowest BCUT2D eigenvalue weighted by molar-refractivity contribution is 0.456. The molecule has 0 radical (unpaired) electrons. The van der Waals surface area contributed by atoms with Crippen molar-refractivity contribution in [1.82, 2.24) is 4.31 Å². The summed E-state index contributed by atoms with van der Waals surface area (Å²) in [6.07, 6.45) is 0.525. The van der Waals surface area contributed by atoms with Crippen LogP contribution in [0.25, 0.3) is 0 Å².